The summed E-state index contributed by atoms with van der Waals surface area (Å²) >= 11 is 1.29. The van der Waals surface area contributed by atoms with E-state index in [1.807, 2.05) is 13.0 Å². The van der Waals surface area contributed by atoms with Gasteiger partial charge in [-0.3, -0.25) is 4.79 Å². The van der Waals surface area contributed by atoms with Gasteiger partial charge in [0.25, 0.3) is 10.0 Å². The second-order valence-electron chi connectivity index (χ2n) is 6.42. The lowest BCUT2D eigenvalue weighted by molar-refractivity contribution is -0.126. The summed E-state index contributed by atoms with van der Waals surface area (Å²) in [6.07, 6.45) is 5.97. The second-order valence-corrected chi connectivity index (χ2v) is 9.87. The van der Waals surface area contributed by atoms with Gasteiger partial charge in [0, 0.05) is 24.5 Å². The average Bonchev–Trinajstić information content (AvgIpc) is 3.02. The molecule has 1 unspecified atom stereocenters. The molecule has 0 spiro atoms. The molecule has 0 bridgehead atoms. The van der Waals surface area contributed by atoms with E-state index in [1.54, 1.807) is 6.07 Å². The Labute approximate surface area is 149 Å². The quantitative estimate of drug-likeness (QED) is 0.713. The van der Waals surface area contributed by atoms with Crippen LogP contribution >= 0.6 is 11.3 Å². The lowest BCUT2D eigenvalue weighted by Crippen LogP contribution is -2.45. The molecule has 5 nitrogen and oxygen atoms in total. The molecule has 1 N–H and O–H groups in total. The van der Waals surface area contributed by atoms with E-state index in [1.165, 1.54) is 28.5 Å². The largest absolute Gasteiger partial charge is 0.356 e. The molecular weight excluding hydrogens is 344 g/mol. The van der Waals surface area contributed by atoms with E-state index in [2.05, 4.69) is 12.2 Å². The van der Waals surface area contributed by atoms with Crippen molar-refractivity contribution in [1.29, 1.82) is 0 Å². The standard InChI is InChI=1S/C17H28N2O3S2/c1-3-4-5-6-11-18-17(20)15-8-7-12-19(13-15)24(21,22)16-10-9-14(2)23-16/h9-10,15H,3-8,11-13H2,1-2H3,(H,18,20). The van der Waals surface area contributed by atoms with Gasteiger partial charge in [-0.25, -0.2) is 8.42 Å². The van der Waals surface area contributed by atoms with Gasteiger partial charge in [-0.05, 0) is 38.3 Å². The van der Waals surface area contributed by atoms with E-state index >= 15 is 0 Å². The minimum Gasteiger partial charge on any atom is -0.356 e. The summed E-state index contributed by atoms with van der Waals surface area (Å²) in [5.74, 6) is -0.241. The van der Waals surface area contributed by atoms with Gasteiger partial charge < -0.3 is 5.32 Å². The maximum atomic E-state index is 12.7. The number of rotatable bonds is 8. The molecule has 0 saturated carbocycles. The van der Waals surface area contributed by atoms with Crippen molar-refractivity contribution in [3.8, 4) is 0 Å². The summed E-state index contributed by atoms with van der Waals surface area (Å²) in [5, 5.41) is 2.97. The summed E-state index contributed by atoms with van der Waals surface area (Å²) in [5.41, 5.74) is 0. The SMILES string of the molecule is CCCCCCNC(=O)C1CCCN(S(=O)(=O)c2ccc(C)s2)C1. The maximum absolute atomic E-state index is 12.7. The van der Waals surface area contributed by atoms with Crippen LogP contribution in [-0.2, 0) is 14.8 Å². The molecule has 1 saturated heterocycles. The highest BCUT2D eigenvalue weighted by Gasteiger charge is 2.33. The van der Waals surface area contributed by atoms with Gasteiger partial charge in [0.15, 0.2) is 0 Å². The Hall–Kier alpha value is -0.920. The molecule has 2 heterocycles. The summed E-state index contributed by atoms with van der Waals surface area (Å²) in [7, 11) is -3.47. The zero-order valence-electron chi connectivity index (χ0n) is 14.6. The molecule has 1 aromatic rings. The Bertz CT molecular complexity index is 640. The fraction of sp³-hybridized carbons (Fsp3) is 0.706. The molecule has 1 aromatic heterocycles. The minimum absolute atomic E-state index is 0.00578. The molecule has 0 aliphatic carbocycles. The monoisotopic (exact) mass is 372 g/mol. The van der Waals surface area contributed by atoms with Crippen molar-refractivity contribution in [3.05, 3.63) is 17.0 Å². The Morgan fingerprint density at radius 2 is 2.12 bits per heavy atom. The van der Waals surface area contributed by atoms with Crippen LogP contribution in [-0.4, -0.2) is 38.3 Å². The van der Waals surface area contributed by atoms with Gasteiger partial charge in [-0.15, -0.1) is 11.3 Å². The Morgan fingerprint density at radius 3 is 2.79 bits per heavy atom. The van der Waals surface area contributed by atoms with Crippen LogP contribution in [0.2, 0.25) is 0 Å². The van der Waals surface area contributed by atoms with E-state index in [4.69, 9.17) is 0 Å². The minimum atomic E-state index is -3.47. The number of thiophene rings is 1. The molecule has 1 amide bonds. The van der Waals surface area contributed by atoms with Crippen LogP contribution in [0.1, 0.15) is 50.3 Å². The van der Waals surface area contributed by atoms with E-state index in [-0.39, 0.29) is 11.8 Å². The zero-order valence-corrected chi connectivity index (χ0v) is 16.2. The van der Waals surface area contributed by atoms with E-state index < -0.39 is 10.0 Å². The van der Waals surface area contributed by atoms with Crippen molar-refractivity contribution in [2.45, 2.75) is 56.6 Å². The first kappa shape index (κ1) is 19.4. The predicted octanol–water partition coefficient (Wildman–Crippen LogP) is 3.15. The summed E-state index contributed by atoms with van der Waals surface area (Å²) in [6.45, 7) is 5.53. The number of hydrogen-bond donors (Lipinski definition) is 1. The number of carbonyl (C=O) groups is 1. The van der Waals surface area contributed by atoms with Gasteiger partial charge in [-0.1, -0.05) is 26.2 Å². The molecule has 1 fully saturated rings. The molecule has 0 radical (unpaired) electrons. The van der Waals surface area contributed by atoms with E-state index in [0.717, 1.165) is 30.6 Å². The van der Waals surface area contributed by atoms with E-state index in [0.29, 0.717) is 23.8 Å². The fourth-order valence-electron chi connectivity index (χ4n) is 2.96. The molecule has 1 aliphatic rings. The fourth-order valence-corrected chi connectivity index (χ4v) is 5.92. The average molecular weight is 373 g/mol. The molecule has 1 aliphatic heterocycles. The Morgan fingerprint density at radius 1 is 1.33 bits per heavy atom. The van der Waals surface area contributed by atoms with Crippen LogP contribution in [0, 0.1) is 12.8 Å². The first-order valence-electron chi connectivity index (χ1n) is 8.79. The van der Waals surface area contributed by atoms with Gasteiger partial charge in [0.05, 0.1) is 5.92 Å². The molecule has 136 valence electrons. The van der Waals surface area contributed by atoms with Crippen molar-refractivity contribution in [1.82, 2.24) is 9.62 Å². The molecule has 2 rings (SSSR count). The van der Waals surface area contributed by atoms with Crippen LogP contribution in [0.3, 0.4) is 0 Å². The van der Waals surface area contributed by atoms with Gasteiger partial charge in [0.2, 0.25) is 5.91 Å². The topological polar surface area (TPSA) is 66.5 Å². The third-order valence-corrected chi connectivity index (χ3v) is 7.73. The Balaban J connectivity index is 1.90. The highest BCUT2D eigenvalue weighted by Crippen LogP contribution is 2.28. The summed E-state index contributed by atoms with van der Waals surface area (Å²) < 4.78 is 27.3. The molecule has 0 aromatic carbocycles. The number of nitrogens with zero attached hydrogens (tertiary/aromatic N) is 1. The molecular formula is C17H28N2O3S2. The normalized spacial score (nSPS) is 19.3. The van der Waals surface area contributed by atoms with Crippen LogP contribution in [0.25, 0.3) is 0 Å². The van der Waals surface area contributed by atoms with Crippen molar-refractivity contribution < 1.29 is 13.2 Å². The summed E-state index contributed by atoms with van der Waals surface area (Å²) in [4.78, 5) is 13.3. The smallest absolute Gasteiger partial charge is 0.252 e. The van der Waals surface area contributed by atoms with Crippen LogP contribution in [0.4, 0.5) is 0 Å². The zero-order chi connectivity index (χ0) is 17.6. The molecule has 24 heavy (non-hydrogen) atoms. The number of aryl methyl sites for hydroxylation is 1. The molecule has 7 heteroatoms. The first-order chi connectivity index (χ1) is 11.4. The van der Waals surface area contributed by atoms with Crippen molar-refractivity contribution in [2.24, 2.45) is 5.92 Å². The third-order valence-electron chi connectivity index (χ3n) is 4.39. The maximum Gasteiger partial charge on any atom is 0.252 e. The van der Waals surface area contributed by atoms with Crippen LogP contribution in [0.15, 0.2) is 16.3 Å². The second kappa shape index (κ2) is 8.97. The summed E-state index contributed by atoms with van der Waals surface area (Å²) in [6, 6.07) is 3.48. The van der Waals surface area contributed by atoms with Crippen molar-refractivity contribution >= 4 is 27.3 Å². The highest BCUT2D eigenvalue weighted by molar-refractivity contribution is 7.91. The van der Waals surface area contributed by atoms with Gasteiger partial charge in [-0.2, -0.15) is 4.31 Å². The van der Waals surface area contributed by atoms with E-state index in [9.17, 15) is 13.2 Å². The third kappa shape index (κ3) is 5.04. The van der Waals surface area contributed by atoms with Gasteiger partial charge >= 0.3 is 0 Å². The highest BCUT2D eigenvalue weighted by atomic mass is 32.2. The van der Waals surface area contributed by atoms with Crippen molar-refractivity contribution in [2.75, 3.05) is 19.6 Å². The molecule has 1 atom stereocenters. The number of hydrogen-bond acceptors (Lipinski definition) is 4. The number of piperidine rings is 1. The van der Waals surface area contributed by atoms with Crippen LogP contribution in [0.5, 0.6) is 0 Å². The first-order valence-corrected chi connectivity index (χ1v) is 11.0. The number of amides is 1. The van der Waals surface area contributed by atoms with Crippen molar-refractivity contribution in [3.63, 3.8) is 0 Å². The number of unbranched alkanes of at least 4 members (excludes halogenated alkanes) is 3. The number of carbonyl (C=O) groups excluding carboxylic acids is 1. The lowest BCUT2D eigenvalue weighted by Gasteiger charge is -2.30. The van der Waals surface area contributed by atoms with Crippen LogP contribution < -0.4 is 5.32 Å². The number of nitrogens with one attached hydrogen (secondary N) is 1. The lowest BCUT2D eigenvalue weighted by atomic mass is 9.99. The predicted molar refractivity (Wildman–Crippen MR) is 97.7 cm³/mol. The van der Waals surface area contributed by atoms with Gasteiger partial charge in [0.1, 0.15) is 4.21 Å². The Kier molecular flexibility index (Phi) is 7.25. The number of sulfonamides is 1.